The second kappa shape index (κ2) is 7.97. The fourth-order valence-corrected chi connectivity index (χ4v) is 2.97. The van der Waals surface area contributed by atoms with Crippen LogP contribution in [0.4, 0.5) is 0 Å². The largest absolute Gasteiger partial charge is 0.459 e. The molecule has 1 aliphatic rings. The molecule has 1 fully saturated rings. The molecular weight excluding hydrogens is 292 g/mol. The summed E-state index contributed by atoms with van der Waals surface area (Å²) in [6, 6.07) is 4.08. The van der Waals surface area contributed by atoms with Crippen molar-refractivity contribution in [3.63, 3.8) is 0 Å². The maximum atomic E-state index is 12.0. The minimum Gasteiger partial charge on any atom is -0.459 e. The van der Waals surface area contributed by atoms with Gasteiger partial charge in [-0.15, -0.1) is 0 Å². The summed E-state index contributed by atoms with van der Waals surface area (Å²) in [7, 11) is 0. The standard InChI is InChI=1S/C18H30N2O3/c1-5-22-14-15-8-10-19(11-15)12-16-7-6-9-20(16)13-17(21)23-18(2,3)4/h6-7,9,15H,5,8,10-14H2,1-4H3/t15-/m0/s1. The van der Waals surface area contributed by atoms with Gasteiger partial charge in [-0.25, -0.2) is 0 Å². The molecule has 0 saturated carbocycles. The average Bonchev–Trinajstić information content (AvgIpc) is 3.05. The molecule has 0 radical (unpaired) electrons. The fourth-order valence-electron chi connectivity index (χ4n) is 2.97. The van der Waals surface area contributed by atoms with Crippen LogP contribution in [-0.4, -0.2) is 47.3 Å². The molecule has 2 rings (SSSR count). The number of carbonyl (C=O) groups is 1. The number of aromatic nitrogens is 1. The smallest absolute Gasteiger partial charge is 0.326 e. The number of carbonyl (C=O) groups excluding carboxylic acids is 1. The summed E-state index contributed by atoms with van der Waals surface area (Å²) in [4.78, 5) is 14.4. The van der Waals surface area contributed by atoms with E-state index >= 15 is 0 Å². The Bertz CT molecular complexity index is 505. The summed E-state index contributed by atoms with van der Waals surface area (Å²) in [5.74, 6) is 0.440. The Morgan fingerprint density at radius 2 is 2.17 bits per heavy atom. The summed E-state index contributed by atoms with van der Waals surface area (Å²) >= 11 is 0. The molecule has 0 N–H and O–H groups in total. The predicted molar refractivity (Wildman–Crippen MR) is 90.2 cm³/mol. The van der Waals surface area contributed by atoms with Crippen molar-refractivity contribution in [3.05, 3.63) is 24.0 Å². The molecule has 2 heterocycles. The van der Waals surface area contributed by atoms with Crippen LogP contribution in [0.3, 0.4) is 0 Å². The van der Waals surface area contributed by atoms with Crippen LogP contribution in [0, 0.1) is 5.92 Å². The summed E-state index contributed by atoms with van der Waals surface area (Å²) in [6.07, 6.45) is 3.14. The summed E-state index contributed by atoms with van der Waals surface area (Å²) in [5, 5.41) is 0. The third kappa shape index (κ3) is 5.99. The molecule has 5 nitrogen and oxygen atoms in total. The molecule has 1 aromatic rings. The first-order valence-corrected chi connectivity index (χ1v) is 8.53. The first kappa shape index (κ1) is 18.0. The van der Waals surface area contributed by atoms with Crippen LogP contribution < -0.4 is 0 Å². The van der Waals surface area contributed by atoms with Gasteiger partial charge in [0.1, 0.15) is 12.1 Å². The Labute approximate surface area is 139 Å². The zero-order chi connectivity index (χ0) is 16.9. The number of hydrogen-bond donors (Lipinski definition) is 0. The average molecular weight is 322 g/mol. The highest BCUT2D eigenvalue weighted by Gasteiger charge is 2.23. The Morgan fingerprint density at radius 3 is 2.87 bits per heavy atom. The molecule has 1 saturated heterocycles. The van der Waals surface area contributed by atoms with Crippen LogP contribution in [0.5, 0.6) is 0 Å². The number of esters is 1. The van der Waals surface area contributed by atoms with Crippen molar-refractivity contribution in [2.75, 3.05) is 26.3 Å². The molecule has 1 aliphatic heterocycles. The summed E-state index contributed by atoms with van der Waals surface area (Å²) in [6.45, 7) is 12.7. The predicted octanol–water partition coefficient (Wildman–Crippen LogP) is 2.69. The van der Waals surface area contributed by atoms with E-state index in [4.69, 9.17) is 9.47 Å². The maximum Gasteiger partial charge on any atom is 0.326 e. The monoisotopic (exact) mass is 322 g/mol. The van der Waals surface area contributed by atoms with Crippen LogP contribution in [-0.2, 0) is 27.4 Å². The number of rotatable bonds is 7. The van der Waals surface area contributed by atoms with Gasteiger partial charge in [0.05, 0.1) is 6.61 Å². The molecule has 0 aromatic carbocycles. The van der Waals surface area contributed by atoms with Crippen molar-refractivity contribution < 1.29 is 14.3 Å². The normalized spacial score (nSPS) is 19.2. The molecule has 130 valence electrons. The quantitative estimate of drug-likeness (QED) is 0.724. The fraction of sp³-hybridized carbons (Fsp3) is 0.722. The lowest BCUT2D eigenvalue weighted by Gasteiger charge is -2.21. The molecule has 5 heteroatoms. The van der Waals surface area contributed by atoms with Gasteiger partial charge in [0.25, 0.3) is 0 Å². The molecular formula is C18H30N2O3. The molecule has 1 aromatic heterocycles. The van der Waals surface area contributed by atoms with Crippen LogP contribution in [0.25, 0.3) is 0 Å². The van der Waals surface area contributed by atoms with Gasteiger partial charge in [0.15, 0.2) is 0 Å². The van der Waals surface area contributed by atoms with E-state index in [9.17, 15) is 4.79 Å². The van der Waals surface area contributed by atoms with Gasteiger partial charge in [-0.3, -0.25) is 9.69 Å². The zero-order valence-electron chi connectivity index (χ0n) is 14.9. The number of ether oxygens (including phenoxy) is 2. The SMILES string of the molecule is CCOC[C@H]1CCN(Cc2cccn2CC(=O)OC(C)(C)C)C1. The van der Waals surface area contributed by atoms with Gasteiger partial charge in [-0.2, -0.15) is 0 Å². The Balaban J connectivity index is 1.85. The first-order chi connectivity index (χ1) is 10.9. The number of likely N-dealkylation sites (tertiary alicyclic amines) is 1. The highest BCUT2D eigenvalue weighted by Crippen LogP contribution is 2.19. The van der Waals surface area contributed by atoms with Crippen molar-refractivity contribution in [3.8, 4) is 0 Å². The Kier molecular flexibility index (Phi) is 6.25. The summed E-state index contributed by atoms with van der Waals surface area (Å²) in [5.41, 5.74) is 0.721. The lowest BCUT2D eigenvalue weighted by Crippen LogP contribution is -2.28. The highest BCUT2D eigenvalue weighted by molar-refractivity contribution is 5.69. The lowest BCUT2D eigenvalue weighted by molar-refractivity contribution is -0.155. The number of nitrogens with zero attached hydrogens (tertiary/aromatic N) is 2. The van der Waals surface area contributed by atoms with Gasteiger partial charge >= 0.3 is 5.97 Å². The molecule has 0 unspecified atom stereocenters. The van der Waals surface area contributed by atoms with Crippen molar-refractivity contribution in [1.29, 1.82) is 0 Å². The first-order valence-electron chi connectivity index (χ1n) is 8.53. The molecule has 0 spiro atoms. The second-order valence-corrected chi connectivity index (χ2v) is 7.26. The van der Waals surface area contributed by atoms with Crippen LogP contribution in [0.2, 0.25) is 0 Å². The van der Waals surface area contributed by atoms with Gasteiger partial charge in [0.2, 0.25) is 0 Å². The maximum absolute atomic E-state index is 12.0. The van der Waals surface area contributed by atoms with Crippen LogP contribution in [0.15, 0.2) is 18.3 Å². The lowest BCUT2D eigenvalue weighted by atomic mass is 10.1. The molecule has 0 bridgehead atoms. The van der Waals surface area contributed by atoms with Gasteiger partial charge in [0, 0.05) is 31.6 Å². The third-order valence-corrected chi connectivity index (χ3v) is 3.96. The molecule has 0 aliphatic carbocycles. The van der Waals surface area contributed by atoms with E-state index in [0.29, 0.717) is 5.92 Å². The third-order valence-electron chi connectivity index (χ3n) is 3.96. The van der Waals surface area contributed by atoms with E-state index in [1.807, 2.05) is 44.5 Å². The Morgan fingerprint density at radius 1 is 1.39 bits per heavy atom. The molecule has 0 amide bonds. The van der Waals surface area contributed by atoms with E-state index in [1.165, 1.54) is 6.42 Å². The van der Waals surface area contributed by atoms with Gasteiger partial charge in [-0.1, -0.05) is 0 Å². The Hall–Kier alpha value is -1.33. The molecule has 23 heavy (non-hydrogen) atoms. The van der Waals surface area contributed by atoms with Crippen LogP contribution >= 0.6 is 0 Å². The minimum absolute atomic E-state index is 0.189. The van der Waals surface area contributed by atoms with Gasteiger partial charge in [-0.05, 0) is 58.7 Å². The number of hydrogen-bond acceptors (Lipinski definition) is 4. The van der Waals surface area contributed by atoms with Crippen LogP contribution in [0.1, 0.15) is 39.8 Å². The van der Waals surface area contributed by atoms with E-state index in [0.717, 1.165) is 38.5 Å². The van der Waals surface area contributed by atoms with E-state index < -0.39 is 5.60 Å². The minimum atomic E-state index is -0.439. The topological polar surface area (TPSA) is 43.7 Å². The van der Waals surface area contributed by atoms with E-state index in [-0.39, 0.29) is 12.5 Å². The molecule has 1 atom stereocenters. The van der Waals surface area contributed by atoms with Gasteiger partial charge < -0.3 is 14.0 Å². The summed E-state index contributed by atoms with van der Waals surface area (Å²) < 4.78 is 12.9. The second-order valence-electron chi connectivity index (χ2n) is 7.26. The van der Waals surface area contributed by atoms with E-state index in [2.05, 4.69) is 11.0 Å². The van der Waals surface area contributed by atoms with E-state index in [1.54, 1.807) is 0 Å². The zero-order valence-corrected chi connectivity index (χ0v) is 14.9. The highest BCUT2D eigenvalue weighted by atomic mass is 16.6. The van der Waals surface area contributed by atoms with Crippen molar-refractivity contribution in [2.24, 2.45) is 5.92 Å². The van der Waals surface area contributed by atoms with Crippen molar-refractivity contribution in [1.82, 2.24) is 9.47 Å². The van der Waals surface area contributed by atoms with Crippen molar-refractivity contribution >= 4 is 5.97 Å². The van der Waals surface area contributed by atoms with Crippen molar-refractivity contribution in [2.45, 2.75) is 52.8 Å².